The molecule has 1 atom stereocenters. The monoisotopic (exact) mass is 297 g/mol. The lowest BCUT2D eigenvalue weighted by atomic mass is 9.91. The first kappa shape index (κ1) is 16.3. The van der Waals surface area contributed by atoms with Crippen molar-refractivity contribution in [2.24, 2.45) is 0 Å². The van der Waals surface area contributed by atoms with Crippen LogP contribution in [0.2, 0.25) is 0 Å². The predicted octanol–water partition coefficient (Wildman–Crippen LogP) is 4.34. The largest absolute Gasteiger partial charge is 0.494 e. The van der Waals surface area contributed by atoms with Crippen molar-refractivity contribution in [1.29, 1.82) is 5.26 Å². The van der Waals surface area contributed by atoms with Gasteiger partial charge in [-0.05, 0) is 38.2 Å². The molecule has 0 bridgehead atoms. The zero-order valence-corrected chi connectivity index (χ0v) is 13.2. The van der Waals surface area contributed by atoms with Crippen molar-refractivity contribution >= 4 is 5.78 Å². The van der Waals surface area contributed by atoms with E-state index in [9.17, 15) is 4.79 Å². The number of hydrogen-bond acceptors (Lipinski definition) is 3. The molecule has 3 heteroatoms. The van der Waals surface area contributed by atoms with Crippen LogP contribution in [0.4, 0.5) is 0 Å². The van der Waals surface area contributed by atoms with Crippen LogP contribution in [0.3, 0.4) is 0 Å². The van der Waals surface area contributed by atoms with E-state index in [2.05, 4.69) is 18.2 Å². The van der Waals surface area contributed by atoms with E-state index in [-0.39, 0.29) is 11.9 Å². The van der Waals surface area contributed by atoms with Gasteiger partial charge in [-0.3, -0.25) is 4.79 Å². The molecule has 116 valence electrons. The molecular weight excluding hydrogens is 274 g/mol. The molecule has 0 saturated carbocycles. The van der Waals surface area contributed by atoms with E-state index in [1.54, 1.807) is 0 Å². The fourth-order valence-corrected chi connectivity index (χ4v) is 2.80. The molecule has 0 heterocycles. The summed E-state index contributed by atoms with van der Waals surface area (Å²) in [5.41, 5.74) is 2.15. The Morgan fingerprint density at radius 2 is 2.00 bits per heavy atom. The Labute approximate surface area is 132 Å². The molecule has 0 aliphatic heterocycles. The van der Waals surface area contributed by atoms with E-state index < -0.39 is 0 Å². The number of hydrogen-bond donors (Lipinski definition) is 0. The zero-order chi connectivity index (χ0) is 15.8. The summed E-state index contributed by atoms with van der Waals surface area (Å²) in [5.74, 6) is 1.05. The summed E-state index contributed by atoms with van der Waals surface area (Å²) < 4.78 is 5.85. The van der Waals surface area contributed by atoms with Crippen LogP contribution in [0.1, 0.15) is 51.0 Å². The number of carbonyl (C=O) groups excluding carboxylic acids is 1. The third-order valence-electron chi connectivity index (χ3n) is 3.94. The number of benzene rings is 1. The van der Waals surface area contributed by atoms with Gasteiger partial charge >= 0.3 is 0 Å². The second-order valence-corrected chi connectivity index (χ2v) is 5.81. The summed E-state index contributed by atoms with van der Waals surface area (Å²) in [6.07, 6.45) is 5.20. The van der Waals surface area contributed by atoms with Crippen molar-refractivity contribution in [1.82, 2.24) is 0 Å². The molecule has 0 fully saturated rings. The maximum atomic E-state index is 12.2. The first-order chi connectivity index (χ1) is 10.7. The molecule has 0 saturated heterocycles. The molecule has 3 nitrogen and oxygen atoms in total. The number of carbonyl (C=O) groups is 1. The summed E-state index contributed by atoms with van der Waals surface area (Å²) in [6, 6.07) is 12.4. The predicted molar refractivity (Wildman–Crippen MR) is 86.0 cm³/mol. The number of allylic oxidation sites excluding steroid dienone is 2. The van der Waals surface area contributed by atoms with Crippen molar-refractivity contribution in [2.45, 2.75) is 58.0 Å². The van der Waals surface area contributed by atoms with Crippen molar-refractivity contribution in [3.05, 3.63) is 47.2 Å². The van der Waals surface area contributed by atoms with Gasteiger partial charge in [-0.25, -0.2) is 0 Å². The second kappa shape index (κ2) is 8.38. The Hall–Kier alpha value is -2.08. The summed E-state index contributed by atoms with van der Waals surface area (Å²) >= 11 is 0. The van der Waals surface area contributed by atoms with E-state index >= 15 is 0 Å². The van der Waals surface area contributed by atoms with Gasteiger partial charge in [-0.2, -0.15) is 5.26 Å². The van der Waals surface area contributed by atoms with Gasteiger partial charge in [0.05, 0.1) is 12.5 Å². The first-order valence-electron chi connectivity index (χ1n) is 8.03. The third kappa shape index (κ3) is 4.73. The van der Waals surface area contributed by atoms with E-state index in [0.29, 0.717) is 12.8 Å². The zero-order valence-electron chi connectivity index (χ0n) is 13.2. The molecule has 22 heavy (non-hydrogen) atoms. The van der Waals surface area contributed by atoms with Crippen molar-refractivity contribution in [3.63, 3.8) is 0 Å². The summed E-state index contributed by atoms with van der Waals surface area (Å²) in [5, 5.41) is 8.74. The van der Waals surface area contributed by atoms with Crippen LogP contribution in [-0.4, -0.2) is 11.9 Å². The fourth-order valence-electron chi connectivity index (χ4n) is 2.80. The molecule has 0 spiro atoms. The van der Waals surface area contributed by atoms with Gasteiger partial charge in [-0.15, -0.1) is 0 Å². The molecule has 0 amide bonds. The topological polar surface area (TPSA) is 50.1 Å². The third-order valence-corrected chi connectivity index (χ3v) is 3.94. The minimum absolute atomic E-state index is 0.143. The lowest BCUT2D eigenvalue weighted by Gasteiger charge is -2.22. The highest BCUT2D eigenvalue weighted by molar-refractivity contribution is 5.96. The normalized spacial score (nSPS) is 16.3. The fraction of sp³-hybridized carbons (Fsp3) is 0.474. The molecule has 1 aliphatic carbocycles. The van der Waals surface area contributed by atoms with Gasteiger partial charge in [0.2, 0.25) is 0 Å². The Bertz CT molecular complexity index is 569. The number of Topliss-reactive ketones (excluding diaryl/α,β-unsaturated/α-hetero) is 1. The Balaban J connectivity index is 1.98. The van der Waals surface area contributed by atoms with Crippen molar-refractivity contribution in [3.8, 4) is 6.07 Å². The average Bonchev–Trinajstić information content (AvgIpc) is 2.51. The van der Waals surface area contributed by atoms with Crippen LogP contribution in [0.15, 0.2) is 41.7 Å². The molecule has 1 aromatic rings. The summed E-state index contributed by atoms with van der Waals surface area (Å²) in [4.78, 5) is 12.2. The number of ketones is 1. The SMILES string of the molecule is CC(CC#N)OC1=C(CCCc2ccccc2)C(=O)CCC1. The van der Waals surface area contributed by atoms with Crippen LogP contribution in [0.25, 0.3) is 0 Å². The number of aryl methyl sites for hydroxylation is 1. The Morgan fingerprint density at radius 3 is 2.73 bits per heavy atom. The highest BCUT2D eigenvalue weighted by Crippen LogP contribution is 2.28. The number of nitriles is 1. The maximum absolute atomic E-state index is 12.2. The van der Waals surface area contributed by atoms with Crippen LogP contribution in [0, 0.1) is 11.3 Å². The molecule has 1 unspecified atom stereocenters. The van der Waals surface area contributed by atoms with Crippen molar-refractivity contribution in [2.75, 3.05) is 0 Å². The quantitative estimate of drug-likeness (QED) is 0.752. The van der Waals surface area contributed by atoms with E-state index in [4.69, 9.17) is 10.00 Å². The van der Waals surface area contributed by atoms with Gasteiger partial charge in [0, 0.05) is 18.4 Å². The van der Waals surface area contributed by atoms with Gasteiger partial charge < -0.3 is 4.74 Å². The van der Waals surface area contributed by atoms with Crippen LogP contribution in [-0.2, 0) is 16.0 Å². The first-order valence-corrected chi connectivity index (χ1v) is 8.03. The van der Waals surface area contributed by atoms with Gasteiger partial charge in [0.1, 0.15) is 11.9 Å². The molecule has 1 aromatic carbocycles. The smallest absolute Gasteiger partial charge is 0.162 e. The lowest BCUT2D eigenvalue weighted by molar-refractivity contribution is -0.116. The highest BCUT2D eigenvalue weighted by Gasteiger charge is 2.22. The van der Waals surface area contributed by atoms with Gasteiger partial charge in [0.25, 0.3) is 0 Å². The molecule has 2 rings (SSSR count). The standard InChI is InChI=1S/C19H23NO2/c1-15(13-14-20)22-19-12-6-11-18(21)17(19)10-5-9-16-7-3-2-4-8-16/h2-4,7-8,15H,5-6,9-13H2,1H3. The van der Waals surface area contributed by atoms with E-state index in [1.807, 2.05) is 25.1 Å². The molecule has 0 aromatic heterocycles. The molecule has 1 aliphatic rings. The summed E-state index contributed by atoms with van der Waals surface area (Å²) in [7, 11) is 0. The van der Waals surface area contributed by atoms with E-state index in [1.165, 1.54) is 5.56 Å². The minimum Gasteiger partial charge on any atom is -0.494 e. The number of rotatable bonds is 7. The maximum Gasteiger partial charge on any atom is 0.162 e. The lowest BCUT2D eigenvalue weighted by Crippen LogP contribution is -2.17. The molecule has 0 radical (unpaired) electrons. The van der Waals surface area contributed by atoms with Gasteiger partial charge in [0.15, 0.2) is 5.78 Å². The average molecular weight is 297 g/mol. The molecular formula is C19H23NO2. The Morgan fingerprint density at radius 1 is 1.23 bits per heavy atom. The number of nitrogens with zero attached hydrogens (tertiary/aromatic N) is 1. The van der Waals surface area contributed by atoms with E-state index in [0.717, 1.165) is 43.4 Å². The minimum atomic E-state index is -0.143. The van der Waals surface area contributed by atoms with Gasteiger partial charge in [-0.1, -0.05) is 30.3 Å². The van der Waals surface area contributed by atoms with Crippen LogP contribution in [0.5, 0.6) is 0 Å². The molecule has 0 N–H and O–H groups in total. The van der Waals surface area contributed by atoms with Crippen LogP contribution < -0.4 is 0 Å². The highest BCUT2D eigenvalue weighted by atomic mass is 16.5. The number of ether oxygens (including phenoxy) is 1. The summed E-state index contributed by atoms with van der Waals surface area (Å²) in [6.45, 7) is 1.89. The second-order valence-electron chi connectivity index (χ2n) is 5.81. The van der Waals surface area contributed by atoms with Crippen LogP contribution >= 0.6 is 0 Å². The van der Waals surface area contributed by atoms with Crippen molar-refractivity contribution < 1.29 is 9.53 Å². The Kier molecular flexibility index (Phi) is 6.21.